The molecule has 0 saturated carbocycles. The number of unbranched alkanes of at least 4 members (excludes halogenated alkanes) is 30. The second kappa shape index (κ2) is 45.4. The molecule has 0 bridgehead atoms. The quantitative estimate of drug-likeness (QED) is 0.0345. The minimum absolute atomic E-state index is 0.0651. The van der Waals surface area contributed by atoms with Crippen LogP contribution in [0.5, 0.6) is 0 Å². The zero-order chi connectivity index (χ0) is 44.2. The summed E-state index contributed by atoms with van der Waals surface area (Å²) in [5.41, 5.74) is 0. The van der Waals surface area contributed by atoms with Gasteiger partial charge in [-0.15, -0.1) is 0 Å². The molecule has 356 valence electrons. The van der Waals surface area contributed by atoms with Crippen LogP contribution in [0.15, 0.2) is 0 Å². The summed E-state index contributed by atoms with van der Waals surface area (Å²) in [6, 6.07) is 0. The summed E-state index contributed by atoms with van der Waals surface area (Å²) in [5, 5.41) is 0. The highest BCUT2D eigenvalue weighted by Crippen LogP contribution is 2.18. The maximum atomic E-state index is 12.8. The van der Waals surface area contributed by atoms with Crippen molar-refractivity contribution in [1.29, 1.82) is 0 Å². The fourth-order valence-corrected chi connectivity index (χ4v) is 8.12. The Morgan fingerprint density at radius 2 is 0.483 bits per heavy atom. The van der Waals surface area contributed by atoms with Gasteiger partial charge in [0, 0.05) is 19.3 Å². The Kier molecular flexibility index (Phi) is 44.2. The number of esters is 3. The first-order chi connectivity index (χ1) is 29.1. The van der Waals surface area contributed by atoms with Crippen LogP contribution in [0.1, 0.15) is 292 Å². The molecule has 60 heavy (non-hydrogen) atoms. The van der Waals surface area contributed by atoms with Crippen molar-refractivity contribution in [3.8, 4) is 0 Å². The molecule has 6 heteroatoms. The zero-order valence-electron chi connectivity index (χ0n) is 41.3. The largest absolute Gasteiger partial charge is 0.462 e. The highest BCUT2D eigenvalue weighted by atomic mass is 16.6. The fraction of sp³-hybridized carbons (Fsp3) is 0.944. The van der Waals surface area contributed by atoms with Crippen LogP contribution in [0, 0.1) is 17.8 Å². The molecule has 0 amide bonds. The predicted molar refractivity (Wildman–Crippen MR) is 256 cm³/mol. The Morgan fingerprint density at radius 3 is 0.717 bits per heavy atom. The second-order valence-corrected chi connectivity index (χ2v) is 19.9. The molecule has 0 aliphatic carbocycles. The Bertz CT molecular complexity index is 929. The summed E-state index contributed by atoms with van der Waals surface area (Å²) >= 11 is 0. The summed E-state index contributed by atoms with van der Waals surface area (Å²) in [4.78, 5) is 37.9. The van der Waals surface area contributed by atoms with Crippen LogP contribution in [0.4, 0.5) is 0 Å². The summed E-state index contributed by atoms with van der Waals surface area (Å²) in [5.74, 6) is 1.60. The van der Waals surface area contributed by atoms with E-state index in [2.05, 4.69) is 41.5 Å². The van der Waals surface area contributed by atoms with Crippen LogP contribution in [0.25, 0.3) is 0 Å². The minimum atomic E-state index is -0.763. The van der Waals surface area contributed by atoms with Gasteiger partial charge in [0.15, 0.2) is 6.10 Å². The molecule has 0 heterocycles. The topological polar surface area (TPSA) is 78.9 Å². The Hall–Kier alpha value is -1.59. The third-order valence-electron chi connectivity index (χ3n) is 12.1. The van der Waals surface area contributed by atoms with Crippen molar-refractivity contribution in [2.75, 3.05) is 13.2 Å². The molecule has 0 radical (unpaired) electrons. The molecule has 0 rings (SSSR count). The van der Waals surface area contributed by atoms with Crippen molar-refractivity contribution in [3.05, 3.63) is 0 Å². The molecule has 0 spiro atoms. The van der Waals surface area contributed by atoms with E-state index in [-0.39, 0.29) is 31.1 Å². The SMILES string of the molecule is CC(C)CCCCCCCCCCCCCCCCCCC(=O)O[C@H](COC(=O)CCCCCCCCCCCC(C)C)COC(=O)CCCCCCCCCCC(C)C. The Labute approximate surface area is 374 Å². The van der Waals surface area contributed by atoms with E-state index in [0.717, 1.165) is 75.5 Å². The molecular weight excluding hydrogens is 745 g/mol. The van der Waals surface area contributed by atoms with E-state index in [1.807, 2.05) is 0 Å². The van der Waals surface area contributed by atoms with E-state index >= 15 is 0 Å². The van der Waals surface area contributed by atoms with E-state index in [1.165, 1.54) is 173 Å². The summed E-state index contributed by atoms with van der Waals surface area (Å²) in [7, 11) is 0. The van der Waals surface area contributed by atoms with Gasteiger partial charge < -0.3 is 14.2 Å². The van der Waals surface area contributed by atoms with Gasteiger partial charge in [0.1, 0.15) is 13.2 Å². The van der Waals surface area contributed by atoms with E-state index in [0.29, 0.717) is 19.3 Å². The molecule has 0 fully saturated rings. The van der Waals surface area contributed by atoms with Gasteiger partial charge >= 0.3 is 17.9 Å². The third-order valence-corrected chi connectivity index (χ3v) is 12.1. The Morgan fingerprint density at radius 1 is 0.283 bits per heavy atom. The van der Waals surface area contributed by atoms with Crippen LogP contribution < -0.4 is 0 Å². The van der Waals surface area contributed by atoms with E-state index in [9.17, 15) is 14.4 Å². The van der Waals surface area contributed by atoms with Crippen LogP contribution in [0.2, 0.25) is 0 Å². The summed E-state index contributed by atoms with van der Waals surface area (Å²) in [6.45, 7) is 13.7. The van der Waals surface area contributed by atoms with E-state index in [1.54, 1.807) is 0 Å². The fourth-order valence-electron chi connectivity index (χ4n) is 8.12. The molecule has 0 N–H and O–H groups in total. The monoisotopic (exact) mass is 849 g/mol. The van der Waals surface area contributed by atoms with Crippen molar-refractivity contribution in [2.45, 2.75) is 298 Å². The lowest BCUT2D eigenvalue weighted by Crippen LogP contribution is -2.30. The third kappa shape index (κ3) is 47.5. The highest BCUT2D eigenvalue weighted by Gasteiger charge is 2.19. The van der Waals surface area contributed by atoms with Gasteiger partial charge in [-0.05, 0) is 37.0 Å². The molecule has 0 saturated heterocycles. The first kappa shape index (κ1) is 58.4. The van der Waals surface area contributed by atoms with Gasteiger partial charge in [-0.25, -0.2) is 0 Å². The van der Waals surface area contributed by atoms with Gasteiger partial charge in [-0.2, -0.15) is 0 Å². The molecule has 0 aliphatic rings. The van der Waals surface area contributed by atoms with Crippen LogP contribution in [-0.2, 0) is 28.6 Å². The lowest BCUT2D eigenvalue weighted by atomic mass is 10.0. The molecule has 0 aliphatic heterocycles. The minimum Gasteiger partial charge on any atom is -0.462 e. The maximum Gasteiger partial charge on any atom is 0.306 e. The zero-order valence-corrected chi connectivity index (χ0v) is 41.3. The molecule has 6 nitrogen and oxygen atoms in total. The second-order valence-electron chi connectivity index (χ2n) is 19.9. The van der Waals surface area contributed by atoms with Gasteiger partial charge in [0.25, 0.3) is 0 Å². The van der Waals surface area contributed by atoms with Crippen LogP contribution in [0.3, 0.4) is 0 Å². The first-order valence-electron chi connectivity index (χ1n) is 26.6. The standard InChI is InChI=1S/C54H104O6/c1-48(2)40-34-28-22-16-13-11-9-7-8-10-12-14-18-27-33-39-45-54(57)60-51(47-59-53(56)44-38-32-26-21-20-24-30-36-42-50(5)6)46-58-52(55)43-37-31-25-19-15-17-23-29-35-41-49(3)4/h48-51H,7-47H2,1-6H3/t51-/m1/s1. The predicted octanol–water partition coefficient (Wildman–Crippen LogP) is 17.2. The average molecular weight is 849 g/mol. The van der Waals surface area contributed by atoms with Crippen molar-refractivity contribution >= 4 is 17.9 Å². The highest BCUT2D eigenvalue weighted by molar-refractivity contribution is 5.71. The average Bonchev–Trinajstić information content (AvgIpc) is 3.20. The number of rotatable bonds is 47. The smallest absolute Gasteiger partial charge is 0.306 e. The molecule has 0 aromatic rings. The Balaban J connectivity index is 4.27. The maximum absolute atomic E-state index is 12.8. The first-order valence-corrected chi connectivity index (χ1v) is 26.6. The lowest BCUT2D eigenvalue weighted by molar-refractivity contribution is -0.167. The lowest BCUT2D eigenvalue weighted by Gasteiger charge is -2.18. The molecule has 0 aromatic carbocycles. The number of carbonyl (C=O) groups excluding carboxylic acids is 3. The van der Waals surface area contributed by atoms with Crippen molar-refractivity contribution in [3.63, 3.8) is 0 Å². The van der Waals surface area contributed by atoms with E-state index < -0.39 is 6.10 Å². The van der Waals surface area contributed by atoms with Gasteiger partial charge in [-0.1, -0.05) is 253 Å². The normalized spacial score (nSPS) is 12.2. The number of hydrogen-bond donors (Lipinski definition) is 0. The van der Waals surface area contributed by atoms with E-state index in [4.69, 9.17) is 14.2 Å². The van der Waals surface area contributed by atoms with Crippen molar-refractivity contribution in [1.82, 2.24) is 0 Å². The number of hydrogen-bond acceptors (Lipinski definition) is 6. The number of carbonyl (C=O) groups is 3. The molecular formula is C54H104O6. The van der Waals surface area contributed by atoms with Gasteiger partial charge in [0.05, 0.1) is 0 Å². The molecule has 0 aromatic heterocycles. The molecule has 0 unspecified atom stereocenters. The summed E-state index contributed by atoms with van der Waals surface area (Å²) < 4.78 is 16.8. The molecule has 1 atom stereocenters. The van der Waals surface area contributed by atoms with Crippen LogP contribution >= 0.6 is 0 Å². The van der Waals surface area contributed by atoms with Crippen molar-refractivity contribution in [2.24, 2.45) is 17.8 Å². The van der Waals surface area contributed by atoms with Crippen LogP contribution in [-0.4, -0.2) is 37.2 Å². The van der Waals surface area contributed by atoms with Crippen molar-refractivity contribution < 1.29 is 28.6 Å². The summed E-state index contributed by atoms with van der Waals surface area (Å²) in [6.07, 6.45) is 45.3. The number of ether oxygens (including phenoxy) is 3. The van der Waals surface area contributed by atoms with Gasteiger partial charge in [0.2, 0.25) is 0 Å². The van der Waals surface area contributed by atoms with Gasteiger partial charge in [-0.3, -0.25) is 14.4 Å².